The Labute approximate surface area is 264 Å². The highest BCUT2D eigenvalue weighted by atomic mass is 79.9. The Hall–Kier alpha value is -3.68. The molecule has 3 heterocycles. The van der Waals surface area contributed by atoms with Crippen molar-refractivity contribution in [2.24, 2.45) is 0 Å². The van der Waals surface area contributed by atoms with E-state index in [9.17, 15) is 19.5 Å². The number of likely N-dealkylation sites (tertiary alicyclic amines) is 1. The molecule has 0 saturated carbocycles. The largest absolute Gasteiger partial charge is 0.497 e. The van der Waals surface area contributed by atoms with Gasteiger partial charge in [-0.3, -0.25) is 14.6 Å². The van der Waals surface area contributed by atoms with Crippen LogP contribution in [0.4, 0.5) is 19.7 Å². The van der Waals surface area contributed by atoms with E-state index < -0.39 is 24.1 Å². The zero-order chi connectivity index (χ0) is 31.5. The molecule has 0 radical (unpaired) electrons. The number of hydrogen-bond donors (Lipinski definition) is 2. The smallest absolute Gasteiger partial charge is 0.327 e. The zero-order valence-electron chi connectivity index (χ0n) is 25.0. The number of aliphatic hydroxyl groups is 1. The van der Waals surface area contributed by atoms with Gasteiger partial charge < -0.3 is 29.7 Å². The third-order valence-corrected chi connectivity index (χ3v) is 9.06. The number of benzene rings is 2. The van der Waals surface area contributed by atoms with Crippen molar-refractivity contribution in [2.75, 3.05) is 52.3 Å². The minimum atomic E-state index is -1.44. The molecule has 3 aliphatic rings. The second-order valence-corrected chi connectivity index (χ2v) is 12.0. The van der Waals surface area contributed by atoms with Crippen LogP contribution in [-0.2, 0) is 16.0 Å². The average molecular weight is 675 g/mol. The minimum absolute atomic E-state index is 0.0431. The summed E-state index contributed by atoms with van der Waals surface area (Å²) in [6.45, 7) is 2.94. The summed E-state index contributed by atoms with van der Waals surface area (Å²) in [5.41, 5.74) is 2.05. The van der Waals surface area contributed by atoms with Crippen molar-refractivity contribution in [3.63, 3.8) is 0 Å². The van der Waals surface area contributed by atoms with Crippen LogP contribution in [0.3, 0.4) is 0 Å². The summed E-state index contributed by atoms with van der Waals surface area (Å²) in [4.78, 5) is 46.0. The summed E-state index contributed by atoms with van der Waals surface area (Å²) in [6.07, 6.45) is 1.77. The van der Waals surface area contributed by atoms with Gasteiger partial charge in [0, 0.05) is 55.8 Å². The molecule has 1 fully saturated rings. The molecule has 2 N–H and O–H groups in total. The third kappa shape index (κ3) is 6.40. The highest BCUT2D eigenvalue weighted by molar-refractivity contribution is 9.10. The molecule has 236 valence electrons. The highest BCUT2D eigenvalue weighted by Crippen LogP contribution is 2.33. The second kappa shape index (κ2) is 13.5. The predicted octanol–water partition coefficient (Wildman–Crippen LogP) is 4.11. The number of nitrogens with zero attached hydrogens (tertiary/aromatic N) is 4. The fourth-order valence-corrected chi connectivity index (χ4v) is 6.43. The van der Waals surface area contributed by atoms with Gasteiger partial charge in [-0.1, -0.05) is 12.1 Å². The number of halogens is 2. The first-order valence-electron chi connectivity index (χ1n) is 14.6. The number of carbonyl (C=O) groups excluding carboxylic acids is 3. The molecule has 2 aromatic rings. The molecule has 1 saturated heterocycles. The molecule has 0 bridgehead atoms. The van der Waals surface area contributed by atoms with Crippen molar-refractivity contribution >= 4 is 45.2 Å². The van der Waals surface area contributed by atoms with Crippen LogP contribution >= 0.6 is 15.9 Å². The Balaban J connectivity index is 1.27. The summed E-state index contributed by atoms with van der Waals surface area (Å²) >= 11 is 3.18. The first-order valence-corrected chi connectivity index (χ1v) is 15.4. The molecule has 3 aliphatic heterocycles. The van der Waals surface area contributed by atoms with Crippen LogP contribution in [0.1, 0.15) is 30.9 Å². The number of piperidine rings is 1. The van der Waals surface area contributed by atoms with Gasteiger partial charge in [0.25, 0.3) is 0 Å². The van der Waals surface area contributed by atoms with Gasteiger partial charge in [-0.15, -0.1) is 0 Å². The molecule has 2 aromatic carbocycles. The monoisotopic (exact) mass is 673 g/mol. The first-order chi connectivity index (χ1) is 21.1. The molecular formula is C31H37BrFN5O6. The maximum Gasteiger partial charge on any atom is 0.327 e. The van der Waals surface area contributed by atoms with Gasteiger partial charge >= 0.3 is 12.1 Å². The maximum absolute atomic E-state index is 15.1. The minimum Gasteiger partial charge on any atom is -0.497 e. The fourth-order valence-electron chi connectivity index (χ4n) is 6.07. The molecule has 11 nitrogen and oxygen atoms in total. The van der Waals surface area contributed by atoms with E-state index >= 15 is 4.39 Å². The molecule has 0 aromatic heterocycles. The summed E-state index contributed by atoms with van der Waals surface area (Å²) in [5.74, 6) is -0.128. The van der Waals surface area contributed by atoms with Gasteiger partial charge in [-0.05, 0) is 71.9 Å². The molecule has 44 heavy (non-hydrogen) atoms. The van der Waals surface area contributed by atoms with Crippen molar-refractivity contribution < 1.29 is 33.4 Å². The molecule has 2 atom stereocenters. The van der Waals surface area contributed by atoms with Gasteiger partial charge in [0.2, 0.25) is 5.91 Å². The molecule has 1 unspecified atom stereocenters. The number of rotatable bonds is 8. The lowest BCUT2D eigenvalue weighted by molar-refractivity contribution is -0.133. The van der Waals surface area contributed by atoms with Gasteiger partial charge in [-0.2, -0.15) is 0 Å². The zero-order valence-corrected chi connectivity index (χ0v) is 26.5. The maximum atomic E-state index is 15.1. The third-order valence-electron chi connectivity index (χ3n) is 8.45. The number of carbonyl (C=O) groups is 3. The number of hydrogen-bond acceptors (Lipinski definition) is 6. The summed E-state index contributed by atoms with van der Waals surface area (Å²) in [5, 5.41) is 14.2. The van der Waals surface area contributed by atoms with Crippen LogP contribution in [0, 0.1) is 5.82 Å². The lowest BCUT2D eigenvalue weighted by atomic mass is 10.0. The molecule has 5 amide bonds. The van der Waals surface area contributed by atoms with Gasteiger partial charge in [-0.25, -0.2) is 14.0 Å². The van der Waals surface area contributed by atoms with Crippen molar-refractivity contribution in [1.29, 1.82) is 0 Å². The number of fused-ring (bicyclic) bond motifs is 1. The first kappa shape index (κ1) is 31.7. The van der Waals surface area contributed by atoms with E-state index in [1.165, 1.54) is 29.2 Å². The molecular weight excluding hydrogens is 637 g/mol. The van der Waals surface area contributed by atoms with E-state index in [2.05, 4.69) is 21.2 Å². The number of urea groups is 2. The summed E-state index contributed by atoms with van der Waals surface area (Å²) in [7, 11) is 3.09. The van der Waals surface area contributed by atoms with E-state index in [0.717, 1.165) is 17.0 Å². The summed E-state index contributed by atoms with van der Waals surface area (Å²) in [6, 6.07) is 8.95. The average Bonchev–Trinajstić information content (AvgIpc) is 3.17. The Morgan fingerprint density at radius 1 is 1.16 bits per heavy atom. The van der Waals surface area contributed by atoms with Gasteiger partial charge in [0.1, 0.15) is 18.1 Å². The Morgan fingerprint density at radius 3 is 2.61 bits per heavy atom. The summed E-state index contributed by atoms with van der Waals surface area (Å²) < 4.78 is 25.9. The van der Waals surface area contributed by atoms with Crippen LogP contribution in [0.15, 0.2) is 47.1 Å². The predicted molar refractivity (Wildman–Crippen MR) is 165 cm³/mol. The van der Waals surface area contributed by atoms with Crippen LogP contribution in [-0.4, -0.2) is 108 Å². The number of amides is 5. The number of nitrogens with one attached hydrogen (secondary N) is 1. The van der Waals surface area contributed by atoms with E-state index in [-0.39, 0.29) is 46.7 Å². The molecule has 0 aliphatic carbocycles. The number of ether oxygens (including phenoxy) is 2. The van der Waals surface area contributed by atoms with Crippen LogP contribution < -0.4 is 10.1 Å². The molecule has 13 heteroatoms. The van der Waals surface area contributed by atoms with Crippen LogP contribution in [0.2, 0.25) is 0 Å². The van der Waals surface area contributed by atoms with Gasteiger partial charge in [0.15, 0.2) is 6.23 Å². The molecule has 5 rings (SSSR count). The van der Waals surface area contributed by atoms with Crippen molar-refractivity contribution in [3.05, 3.63) is 64.0 Å². The van der Waals surface area contributed by atoms with Gasteiger partial charge in [0.05, 0.1) is 24.2 Å². The fraction of sp³-hybridized carbons (Fsp3) is 0.452. The quantitative estimate of drug-likeness (QED) is 0.436. The second-order valence-electron chi connectivity index (χ2n) is 11.2. The van der Waals surface area contributed by atoms with Crippen molar-refractivity contribution in [2.45, 2.75) is 44.5 Å². The van der Waals surface area contributed by atoms with Crippen molar-refractivity contribution in [1.82, 2.24) is 19.6 Å². The topological polar surface area (TPSA) is 115 Å². The highest BCUT2D eigenvalue weighted by Gasteiger charge is 2.40. The Morgan fingerprint density at radius 2 is 1.91 bits per heavy atom. The Kier molecular flexibility index (Phi) is 9.76. The van der Waals surface area contributed by atoms with Crippen LogP contribution in [0.5, 0.6) is 5.75 Å². The lowest BCUT2D eigenvalue weighted by Crippen LogP contribution is -2.57. The number of methoxy groups -OCH3 is 2. The van der Waals surface area contributed by atoms with E-state index in [4.69, 9.17) is 9.47 Å². The molecule has 0 spiro atoms. The Bertz CT molecular complexity index is 1450. The van der Waals surface area contributed by atoms with Crippen LogP contribution in [0.25, 0.3) is 5.57 Å². The van der Waals surface area contributed by atoms with E-state index in [1.54, 1.807) is 31.1 Å². The lowest BCUT2D eigenvalue weighted by Gasteiger charge is -2.42. The van der Waals surface area contributed by atoms with E-state index in [1.807, 2.05) is 23.1 Å². The normalized spacial score (nSPS) is 20.1. The van der Waals surface area contributed by atoms with Crippen molar-refractivity contribution in [3.8, 4) is 5.75 Å². The number of aliphatic hydroxyl groups excluding tert-OH is 1. The number of anilines is 1. The van der Waals surface area contributed by atoms with E-state index in [0.29, 0.717) is 38.9 Å². The standard InChI is InChI=1S/C31H37BrFN5O6/c1-19(18-43-2)38-29(40)24(23-5-4-6-25(32)28(23)33)16-36(31(38)42)17-27(39)35-12-10-21(11-13-35)37-14-9-20-15-22(44-3)7-8-26(20)34-30(37)41/h4-8,15-16,19,21,29,40H,9-14,17-18H2,1-3H3,(H,34,41)/t19-,29?/m1/s1. The SMILES string of the molecule is COC[C@@H](C)N1C(=O)N(CC(=O)N2CCC(N3CCc4cc(OC)ccc4NC3=O)CC2)C=C(c2cccc(Br)c2F)C1O.